The second-order valence-electron chi connectivity index (χ2n) is 5.14. The predicted octanol–water partition coefficient (Wildman–Crippen LogP) is 3.05. The molecule has 0 aliphatic carbocycles. The largest absolute Gasteiger partial charge is 0.425 e. The first kappa shape index (κ1) is 13.6. The summed E-state index contributed by atoms with van der Waals surface area (Å²) in [6, 6.07) is 12.9. The number of carbonyl (C=O) groups excluding carboxylic acids is 1. The van der Waals surface area contributed by atoms with E-state index in [1.807, 2.05) is 30.3 Å². The molecule has 1 saturated heterocycles. The number of ether oxygens (including phenoxy) is 1. The molecule has 1 aliphatic rings. The Labute approximate surface area is 124 Å². The van der Waals surface area contributed by atoms with E-state index in [1.165, 1.54) is 0 Å². The first-order chi connectivity index (χ1) is 10.3. The van der Waals surface area contributed by atoms with E-state index < -0.39 is 0 Å². The van der Waals surface area contributed by atoms with Crippen molar-refractivity contribution in [2.75, 3.05) is 11.4 Å². The van der Waals surface area contributed by atoms with Crippen molar-refractivity contribution in [2.45, 2.75) is 25.3 Å². The third-order valence-electron chi connectivity index (χ3n) is 3.73. The number of para-hydroxylation sites is 1. The zero-order valence-electron chi connectivity index (χ0n) is 11.8. The number of piperidine rings is 1. The van der Waals surface area contributed by atoms with Crippen LogP contribution in [-0.2, 0) is 4.79 Å². The summed E-state index contributed by atoms with van der Waals surface area (Å²) in [4.78, 5) is 18.6. The fraction of sp³-hybridized carbons (Fsp3) is 0.294. The molecule has 3 rings (SSSR count). The fourth-order valence-corrected chi connectivity index (χ4v) is 2.69. The Hall–Kier alpha value is -2.36. The molecule has 1 fully saturated rings. The van der Waals surface area contributed by atoms with Crippen LogP contribution in [-0.4, -0.2) is 23.5 Å². The standard InChI is InChI=1S/C17H18N2O2/c20-17(21-15-6-2-1-3-7-15)16-8-4-5-13-19(16)14-9-11-18-12-10-14/h1-3,6-7,9-12,16H,4-5,8,13H2. The van der Waals surface area contributed by atoms with E-state index in [1.54, 1.807) is 24.5 Å². The first-order valence-corrected chi connectivity index (χ1v) is 7.28. The lowest BCUT2D eigenvalue weighted by Crippen LogP contribution is -2.46. The average Bonchev–Trinajstić information content (AvgIpc) is 2.56. The topological polar surface area (TPSA) is 42.4 Å². The van der Waals surface area contributed by atoms with Crippen molar-refractivity contribution in [3.05, 3.63) is 54.9 Å². The van der Waals surface area contributed by atoms with E-state index in [0.717, 1.165) is 31.5 Å². The molecule has 2 aromatic rings. The molecule has 0 radical (unpaired) electrons. The zero-order chi connectivity index (χ0) is 14.5. The van der Waals surface area contributed by atoms with Gasteiger partial charge in [0.2, 0.25) is 0 Å². The summed E-state index contributed by atoms with van der Waals surface area (Å²) in [7, 11) is 0. The number of benzene rings is 1. The summed E-state index contributed by atoms with van der Waals surface area (Å²) < 4.78 is 5.51. The van der Waals surface area contributed by atoms with Crippen LogP contribution in [0.5, 0.6) is 5.75 Å². The maximum Gasteiger partial charge on any atom is 0.334 e. The quantitative estimate of drug-likeness (QED) is 0.641. The van der Waals surface area contributed by atoms with Crippen molar-refractivity contribution in [3.63, 3.8) is 0 Å². The van der Waals surface area contributed by atoms with Gasteiger partial charge in [-0.2, -0.15) is 0 Å². The summed E-state index contributed by atoms with van der Waals surface area (Å²) in [5.41, 5.74) is 1.03. The van der Waals surface area contributed by atoms with Gasteiger partial charge in [-0.25, -0.2) is 4.79 Å². The van der Waals surface area contributed by atoms with E-state index in [-0.39, 0.29) is 12.0 Å². The molecule has 2 heterocycles. The number of pyridine rings is 1. The molecule has 4 heteroatoms. The van der Waals surface area contributed by atoms with Gasteiger partial charge in [0.1, 0.15) is 11.8 Å². The monoisotopic (exact) mass is 282 g/mol. The van der Waals surface area contributed by atoms with Gasteiger partial charge >= 0.3 is 5.97 Å². The fourth-order valence-electron chi connectivity index (χ4n) is 2.69. The highest BCUT2D eigenvalue weighted by Gasteiger charge is 2.30. The number of rotatable bonds is 3. The molecule has 1 aliphatic heterocycles. The van der Waals surface area contributed by atoms with Crippen molar-refractivity contribution >= 4 is 11.7 Å². The highest BCUT2D eigenvalue weighted by Crippen LogP contribution is 2.25. The molecule has 0 spiro atoms. The lowest BCUT2D eigenvalue weighted by atomic mass is 10.0. The number of anilines is 1. The van der Waals surface area contributed by atoms with Gasteiger partial charge in [-0.15, -0.1) is 0 Å². The Bertz CT molecular complexity index is 586. The van der Waals surface area contributed by atoms with Crippen LogP contribution in [0.2, 0.25) is 0 Å². The molecule has 0 amide bonds. The minimum absolute atomic E-state index is 0.183. The number of aromatic nitrogens is 1. The van der Waals surface area contributed by atoms with E-state index in [9.17, 15) is 4.79 Å². The maximum absolute atomic E-state index is 12.5. The van der Waals surface area contributed by atoms with Gasteiger partial charge in [0.05, 0.1) is 0 Å². The lowest BCUT2D eigenvalue weighted by molar-refractivity contribution is -0.136. The molecule has 21 heavy (non-hydrogen) atoms. The SMILES string of the molecule is O=C(Oc1ccccc1)C1CCCCN1c1ccncc1. The Morgan fingerprint density at radius 2 is 1.86 bits per heavy atom. The van der Waals surface area contributed by atoms with E-state index in [2.05, 4.69) is 9.88 Å². The van der Waals surface area contributed by atoms with Crippen molar-refractivity contribution in [1.29, 1.82) is 0 Å². The van der Waals surface area contributed by atoms with E-state index >= 15 is 0 Å². The Morgan fingerprint density at radius 1 is 1.10 bits per heavy atom. The van der Waals surface area contributed by atoms with Gasteiger partial charge in [-0.1, -0.05) is 18.2 Å². The average molecular weight is 282 g/mol. The van der Waals surface area contributed by atoms with Crippen LogP contribution in [0.25, 0.3) is 0 Å². The molecule has 4 nitrogen and oxygen atoms in total. The number of nitrogens with zero attached hydrogens (tertiary/aromatic N) is 2. The summed E-state index contributed by atoms with van der Waals surface area (Å²) in [5.74, 6) is 0.417. The van der Waals surface area contributed by atoms with Crippen molar-refractivity contribution in [2.24, 2.45) is 0 Å². The molecule has 0 N–H and O–H groups in total. The van der Waals surface area contributed by atoms with Crippen molar-refractivity contribution in [1.82, 2.24) is 4.98 Å². The van der Waals surface area contributed by atoms with Gasteiger partial charge in [0.15, 0.2) is 0 Å². The van der Waals surface area contributed by atoms with Crippen LogP contribution >= 0.6 is 0 Å². The predicted molar refractivity (Wildman–Crippen MR) is 81.3 cm³/mol. The normalized spacial score (nSPS) is 18.3. The van der Waals surface area contributed by atoms with Crippen LogP contribution in [0.4, 0.5) is 5.69 Å². The maximum atomic E-state index is 12.5. The van der Waals surface area contributed by atoms with E-state index in [0.29, 0.717) is 5.75 Å². The number of hydrogen-bond donors (Lipinski definition) is 0. The minimum atomic E-state index is -0.221. The number of hydrogen-bond acceptors (Lipinski definition) is 4. The minimum Gasteiger partial charge on any atom is -0.425 e. The molecule has 1 unspecified atom stereocenters. The smallest absolute Gasteiger partial charge is 0.334 e. The van der Waals surface area contributed by atoms with Crippen LogP contribution in [0.1, 0.15) is 19.3 Å². The number of carbonyl (C=O) groups is 1. The summed E-state index contributed by atoms with van der Waals surface area (Å²) >= 11 is 0. The van der Waals surface area contributed by atoms with Gasteiger partial charge in [0.25, 0.3) is 0 Å². The van der Waals surface area contributed by atoms with Gasteiger partial charge in [0, 0.05) is 24.6 Å². The Balaban J connectivity index is 1.76. The van der Waals surface area contributed by atoms with Gasteiger partial charge in [-0.05, 0) is 43.5 Å². The van der Waals surface area contributed by atoms with Crippen LogP contribution in [0.3, 0.4) is 0 Å². The molecule has 0 bridgehead atoms. The number of esters is 1. The highest BCUT2D eigenvalue weighted by atomic mass is 16.5. The Morgan fingerprint density at radius 3 is 2.62 bits per heavy atom. The van der Waals surface area contributed by atoms with Crippen molar-refractivity contribution in [3.8, 4) is 5.75 Å². The van der Waals surface area contributed by atoms with Crippen LogP contribution in [0.15, 0.2) is 54.9 Å². The van der Waals surface area contributed by atoms with Crippen LogP contribution in [0, 0.1) is 0 Å². The van der Waals surface area contributed by atoms with Crippen molar-refractivity contribution < 1.29 is 9.53 Å². The molecule has 108 valence electrons. The van der Waals surface area contributed by atoms with Crippen LogP contribution < -0.4 is 9.64 Å². The summed E-state index contributed by atoms with van der Waals surface area (Å²) in [5, 5.41) is 0. The summed E-state index contributed by atoms with van der Waals surface area (Å²) in [6.07, 6.45) is 6.48. The molecule has 1 aromatic heterocycles. The molecule has 0 saturated carbocycles. The highest BCUT2D eigenvalue weighted by molar-refractivity contribution is 5.82. The second-order valence-corrected chi connectivity index (χ2v) is 5.14. The first-order valence-electron chi connectivity index (χ1n) is 7.28. The second kappa shape index (κ2) is 6.39. The van der Waals surface area contributed by atoms with Gasteiger partial charge < -0.3 is 9.64 Å². The molecule has 1 atom stereocenters. The van der Waals surface area contributed by atoms with Gasteiger partial charge in [-0.3, -0.25) is 4.98 Å². The molecular weight excluding hydrogens is 264 g/mol. The lowest BCUT2D eigenvalue weighted by Gasteiger charge is -2.35. The third kappa shape index (κ3) is 3.21. The zero-order valence-corrected chi connectivity index (χ0v) is 11.8. The Kier molecular flexibility index (Phi) is 4.15. The van der Waals surface area contributed by atoms with E-state index in [4.69, 9.17) is 4.74 Å². The molecule has 1 aromatic carbocycles. The third-order valence-corrected chi connectivity index (χ3v) is 3.73. The summed E-state index contributed by atoms with van der Waals surface area (Å²) in [6.45, 7) is 0.874. The molecular formula is C17H18N2O2.